The topological polar surface area (TPSA) is 32.3 Å². The number of hydrogen-bond acceptors (Lipinski definition) is 3. The van der Waals surface area contributed by atoms with Crippen LogP contribution in [0.5, 0.6) is 0 Å². The summed E-state index contributed by atoms with van der Waals surface area (Å²) in [6.45, 7) is 8.74. The molecule has 0 saturated carbocycles. The monoisotopic (exact) mass is 350 g/mol. The Labute approximate surface area is 147 Å². The van der Waals surface area contributed by atoms with Gasteiger partial charge in [0, 0.05) is 17.1 Å². The average molecular weight is 351 g/mol. The Morgan fingerprint density at radius 2 is 1.87 bits per heavy atom. The molecule has 1 N–H and O–H groups in total. The third kappa shape index (κ3) is 4.56. The Morgan fingerprint density at radius 1 is 1.26 bits per heavy atom. The number of rotatable bonds is 5. The van der Waals surface area contributed by atoms with Gasteiger partial charge in [0.2, 0.25) is 5.91 Å². The van der Waals surface area contributed by atoms with E-state index in [1.165, 1.54) is 5.56 Å². The minimum Gasteiger partial charge on any atom is -0.324 e. The van der Waals surface area contributed by atoms with E-state index >= 15 is 0 Å². The average Bonchev–Trinajstić information content (AvgIpc) is 2.86. The molecule has 0 radical (unpaired) electrons. The Morgan fingerprint density at radius 3 is 2.39 bits per heavy atom. The predicted octanol–water partition coefficient (Wildman–Crippen LogP) is 4.79. The molecule has 2 aromatic rings. The van der Waals surface area contributed by atoms with Gasteiger partial charge in [-0.2, -0.15) is 0 Å². The van der Waals surface area contributed by atoms with Gasteiger partial charge in [-0.25, -0.2) is 0 Å². The Hall–Kier alpha value is -1.36. The van der Waals surface area contributed by atoms with Crippen molar-refractivity contribution in [2.75, 3.05) is 12.4 Å². The van der Waals surface area contributed by atoms with E-state index in [2.05, 4.69) is 24.4 Å². The molecule has 1 aromatic carbocycles. The van der Waals surface area contributed by atoms with Gasteiger partial charge in [-0.05, 0) is 58.0 Å². The molecular weight excluding hydrogens is 328 g/mol. The fourth-order valence-electron chi connectivity index (χ4n) is 2.62. The zero-order valence-electron chi connectivity index (χ0n) is 14.2. The van der Waals surface area contributed by atoms with E-state index < -0.39 is 0 Å². The first kappa shape index (κ1) is 18.0. The molecule has 0 fully saturated rings. The number of benzene rings is 1. The maximum Gasteiger partial charge on any atom is 0.241 e. The van der Waals surface area contributed by atoms with Crippen molar-refractivity contribution in [1.29, 1.82) is 0 Å². The van der Waals surface area contributed by atoms with Crippen LogP contribution in [0.1, 0.15) is 28.5 Å². The van der Waals surface area contributed by atoms with Gasteiger partial charge >= 0.3 is 0 Å². The number of nitrogens with zero attached hydrogens (tertiary/aromatic N) is 1. The first-order valence-corrected chi connectivity index (χ1v) is 8.80. The van der Waals surface area contributed by atoms with Crippen molar-refractivity contribution in [2.24, 2.45) is 0 Å². The van der Waals surface area contributed by atoms with E-state index in [4.69, 9.17) is 11.6 Å². The lowest BCUT2D eigenvalue weighted by atomic mass is 10.0. The molecule has 0 spiro atoms. The highest BCUT2D eigenvalue weighted by Crippen LogP contribution is 2.24. The van der Waals surface area contributed by atoms with Crippen molar-refractivity contribution in [1.82, 2.24) is 4.90 Å². The van der Waals surface area contributed by atoms with Crippen LogP contribution in [-0.4, -0.2) is 23.9 Å². The van der Waals surface area contributed by atoms with Crippen molar-refractivity contribution >= 4 is 34.5 Å². The molecular formula is C18H23ClN2OS. The molecule has 0 aliphatic heterocycles. The predicted molar refractivity (Wildman–Crippen MR) is 99.5 cm³/mol. The van der Waals surface area contributed by atoms with Crippen LogP contribution in [0.4, 0.5) is 5.69 Å². The van der Waals surface area contributed by atoms with Crippen LogP contribution in [-0.2, 0) is 11.3 Å². The highest BCUT2D eigenvalue weighted by Gasteiger charge is 2.20. The first-order valence-electron chi connectivity index (χ1n) is 7.61. The SMILES string of the molecule is Cc1cc(C)c(NC(=O)[C@@H](C)N(C)Cc2ccc(Cl)s2)c(C)c1. The summed E-state index contributed by atoms with van der Waals surface area (Å²) in [5.41, 5.74) is 4.31. The number of thiophene rings is 1. The number of likely N-dealkylation sites (N-methyl/N-ethyl adjacent to an activating group) is 1. The van der Waals surface area contributed by atoms with Gasteiger partial charge in [0.1, 0.15) is 0 Å². The van der Waals surface area contributed by atoms with E-state index in [-0.39, 0.29) is 11.9 Å². The summed E-state index contributed by atoms with van der Waals surface area (Å²) >= 11 is 7.51. The number of aryl methyl sites for hydroxylation is 3. The van der Waals surface area contributed by atoms with Crippen LogP contribution in [0.2, 0.25) is 4.34 Å². The van der Waals surface area contributed by atoms with Crippen LogP contribution in [0.25, 0.3) is 0 Å². The summed E-state index contributed by atoms with van der Waals surface area (Å²) in [6.07, 6.45) is 0. The lowest BCUT2D eigenvalue weighted by Crippen LogP contribution is -2.39. The van der Waals surface area contributed by atoms with Crippen molar-refractivity contribution in [3.8, 4) is 0 Å². The molecule has 0 bridgehead atoms. The van der Waals surface area contributed by atoms with Gasteiger partial charge in [-0.15, -0.1) is 11.3 Å². The van der Waals surface area contributed by atoms with Gasteiger partial charge in [-0.1, -0.05) is 29.3 Å². The minimum atomic E-state index is -0.226. The molecule has 1 heterocycles. The molecule has 5 heteroatoms. The Bertz CT molecular complexity index is 688. The number of amides is 1. The number of nitrogens with one attached hydrogen (secondary N) is 1. The Kier molecular flexibility index (Phi) is 5.84. The number of carbonyl (C=O) groups excluding carboxylic acids is 1. The number of anilines is 1. The summed E-state index contributed by atoms with van der Waals surface area (Å²) < 4.78 is 0.774. The molecule has 0 aliphatic carbocycles. The maximum atomic E-state index is 12.6. The second-order valence-corrected chi connectivity index (χ2v) is 7.86. The molecule has 3 nitrogen and oxygen atoms in total. The fraction of sp³-hybridized carbons (Fsp3) is 0.389. The van der Waals surface area contributed by atoms with E-state index in [0.717, 1.165) is 26.0 Å². The third-order valence-electron chi connectivity index (χ3n) is 4.00. The van der Waals surface area contributed by atoms with Crippen molar-refractivity contribution in [3.05, 3.63) is 50.2 Å². The highest BCUT2D eigenvalue weighted by atomic mass is 35.5. The summed E-state index contributed by atoms with van der Waals surface area (Å²) in [4.78, 5) is 15.7. The second kappa shape index (κ2) is 7.47. The van der Waals surface area contributed by atoms with Crippen LogP contribution in [0, 0.1) is 20.8 Å². The molecule has 124 valence electrons. The van der Waals surface area contributed by atoms with Gasteiger partial charge in [0.05, 0.1) is 10.4 Å². The van der Waals surface area contributed by atoms with Crippen LogP contribution < -0.4 is 5.32 Å². The van der Waals surface area contributed by atoms with Crippen LogP contribution in [0.3, 0.4) is 0 Å². The van der Waals surface area contributed by atoms with Crippen LogP contribution >= 0.6 is 22.9 Å². The standard InChI is InChI=1S/C18H23ClN2OS/c1-11-8-12(2)17(13(3)9-11)20-18(22)14(4)21(5)10-15-6-7-16(19)23-15/h6-9,14H,10H2,1-5H3,(H,20,22)/t14-/m1/s1. The van der Waals surface area contributed by atoms with E-state index in [1.54, 1.807) is 11.3 Å². The molecule has 1 atom stereocenters. The smallest absolute Gasteiger partial charge is 0.241 e. The van der Waals surface area contributed by atoms with Gasteiger partial charge < -0.3 is 5.32 Å². The molecule has 0 aliphatic rings. The first-order chi connectivity index (χ1) is 10.8. The largest absolute Gasteiger partial charge is 0.324 e. The zero-order chi connectivity index (χ0) is 17.1. The van der Waals surface area contributed by atoms with E-state index in [1.807, 2.05) is 44.9 Å². The summed E-state index contributed by atoms with van der Waals surface area (Å²) in [6, 6.07) is 7.84. The molecule has 0 unspecified atom stereocenters. The van der Waals surface area contributed by atoms with E-state index in [0.29, 0.717) is 6.54 Å². The van der Waals surface area contributed by atoms with Crippen molar-refractivity contribution in [3.63, 3.8) is 0 Å². The quantitative estimate of drug-likeness (QED) is 0.841. The number of hydrogen-bond donors (Lipinski definition) is 1. The lowest BCUT2D eigenvalue weighted by Gasteiger charge is -2.24. The van der Waals surface area contributed by atoms with Gasteiger partial charge in [-0.3, -0.25) is 9.69 Å². The third-order valence-corrected chi connectivity index (χ3v) is 5.22. The zero-order valence-corrected chi connectivity index (χ0v) is 15.8. The number of carbonyl (C=O) groups is 1. The van der Waals surface area contributed by atoms with Gasteiger partial charge in [0.25, 0.3) is 0 Å². The van der Waals surface area contributed by atoms with Crippen molar-refractivity contribution < 1.29 is 4.79 Å². The number of halogens is 1. The second-order valence-electron chi connectivity index (χ2n) is 6.06. The molecule has 23 heavy (non-hydrogen) atoms. The summed E-state index contributed by atoms with van der Waals surface area (Å²) in [7, 11) is 1.95. The summed E-state index contributed by atoms with van der Waals surface area (Å²) in [5, 5.41) is 3.07. The normalized spacial score (nSPS) is 12.5. The molecule has 1 amide bonds. The summed E-state index contributed by atoms with van der Waals surface area (Å²) in [5.74, 6) is 0.00482. The fourth-order valence-corrected chi connectivity index (χ4v) is 3.78. The van der Waals surface area contributed by atoms with Crippen LogP contribution in [0.15, 0.2) is 24.3 Å². The molecule has 2 rings (SSSR count). The lowest BCUT2D eigenvalue weighted by molar-refractivity contribution is -0.120. The Balaban J connectivity index is 2.05. The van der Waals surface area contributed by atoms with Crippen molar-refractivity contribution in [2.45, 2.75) is 40.3 Å². The molecule has 0 saturated heterocycles. The minimum absolute atomic E-state index is 0.00482. The maximum absolute atomic E-state index is 12.6. The highest BCUT2D eigenvalue weighted by molar-refractivity contribution is 7.16. The van der Waals surface area contributed by atoms with E-state index in [9.17, 15) is 4.79 Å². The molecule has 1 aromatic heterocycles. The van der Waals surface area contributed by atoms with Gasteiger partial charge in [0.15, 0.2) is 0 Å².